The molecule has 0 aliphatic heterocycles. The van der Waals surface area contributed by atoms with E-state index in [9.17, 15) is 26.6 Å². The van der Waals surface area contributed by atoms with Gasteiger partial charge in [0.15, 0.2) is 10.0 Å². The summed E-state index contributed by atoms with van der Waals surface area (Å²) in [6, 6.07) is 5.40. The van der Waals surface area contributed by atoms with Crippen LogP contribution in [0.25, 0.3) is 11.8 Å². The Morgan fingerprint density at radius 3 is 2.57 bits per heavy atom. The van der Waals surface area contributed by atoms with E-state index in [4.69, 9.17) is 0 Å². The molecule has 3 heterocycles. The van der Waals surface area contributed by atoms with Crippen LogP contribution in [0.4, 0.5) is 17.6 Å². The van der Waals surface area contributed by atoms with Gasteiger partial charge >= 0.3 is 6.18 Å². The molecule has 2 aliphatic carbocycles. The Morgan fingerprint density at radius 2 is 1.93 bits per heavy atom. The van der Waals surface area contributed by atoms with Crippen LogP contribution in [-0.2, 0) is 29.4 Å². The highest BCUT2D eigenvalue weighted by Crippen LogP contribution is 2.52. The second kappa shape index (κ2) is 9.95. The molecule has 9 nitrogen and oxygen atoms in total. The first-order valence-electron chi connectivity index (χ1n) is 12.9. The number of benzene rings is 1. The van der Waals surface area contributed by atoms with Crippen LogP contribution in [0.5, 0.6) is 0 Å². The maximum atomic E-state index is 14.3. The molecule has 42 heavy (non-hydrogen) atoms. The van der Waals surface area contributed by atoms with Crippen LogP contribution >= 0.6 is 11.3 Å². The third kappa shape index (κ3) is 4.68. The quantitative estimate of drug-likeness (QED) is 0.178. The van der Waals surface area contributed by atoms with Crippen LogP contribution in [-0.4, -0.2) is 63.0 Å². The van der Waals surface area contributed by atoms with Crippen molar-refractivity contribution in [1.29, 1.82) is 0 Å². The van der Waals surface area contributed by atoms with Gasteiger partial charge in [-0.15, -0.1) is 16.4 Å². The molecule has 220 valence electrons. The summed E-state index contributed by atoms with van der Waals surface area (Å²) in [6.07, 6.45) is 2.14. The Morgan fingerprint density at radius 1 is 1.19 bits per heavy atom. The van der Waals surface area contributed by atoms with Crippen molar-refractivity contribution in [3.8, 4) is 5.69 Å². The molecule has 0 spiro atoms. The van der Waals surface area contributed by atoms with Crippen molar-refractivity contribution in [1.82, 2.24) is 34.1 Å². The Bertz CT molecular complexity index is 1820. The predicted molar refractivity (Wildman–Crippen MR) is 149 cm³/mol. The van der Waals surface area contributed by atoms with Crippen LogP contribution in [0.3, 0.4) is 0 Å². The van der Waals surface area contributed by atoms with Crippen molar-refractivity contribution in [3.63, 3.8) is 0 Å². The summed E-state index contributed by atoms with van der Waals surface area (Å²) in [7, 11) is 0.158. The lowest BCUT2D eigenvalue weighted by Crippen LogP contribution is -2.49. The Kier molecular flexibility index (Phi) is 6.74. The molecular formula is C27H25F4N7O2S2. The van der Waals surface area contributed by atoms with Gasteiger partial charge in [-0.2, -0.15) is 28.2 Å². The molecule has 15 heteroatoms. The summed E-state index contributed by atoms with van der Waals surface area (Å²) in [6.45, 7) is 0. The van der Waals surface area contributed by atoms with Gasteiger partial charge < -0.3 is 0 Å². The lowest BCUT2D eigenvalue weighted by atomic mass is 9.61. The first-order chi connectivity index (χ1) is 19.8. The van der Waals surface area contributed by atoms with Crippen molar-refractivity contribution in [3.05, 3.63) is 75.4 Å². The number of thiazole rings is 1. The fraction of sp³-hybridized carbons (Fsp3) is 0.333. The summed E-state index contributed by atoms with van der Waals surface area (Å²) in [4.78, 5) is 18.5. The molecule has 4 aromatic rings. The standard InChI is InChI=1S/C27H25F4N7O2S2/c1-36(42(3,40)23-15-33-37(2)35-23)20-7-4-17-10-21-16(13-34-38(21)19-8-5-18(28)6-9-19)11-26(17,12-20)24(39)25-32-14-22(41-25)27(29,30)31/h5-6,8-10,13-15,20H,3-4,7,11-12H2,1-2H3/t20-,26-,42?/m0/s1. The van der Waals surface area contributed by atoms with Crippen molar-refractivity contribution >= 4 is 38.8 Å². The van der Waals surface area contributed by atoms with Gasteiger partial charge in [-0.25, -0.2) is 22.6 Å². The van der Waals surface area contributed by atoms with Gasteiger partial charge in [0, 0.05) is 13.1 Å². The smallest absolute Gasteiger partial charge is 0.290 e. The van der Waals surface area contributed by atoms with Gasteiger partial charge in [0.1, 0.15) is 10.7 Å². The molecule has 1 unspecified atom stereocenters. The third-order valence-electron chi connectivity index (χ3n) is 8.01. The maximum absolute atomic E-state index is 14.3. The number of fused-ring (bicyclic) bond motifs is 2. The van der Waals surface area contributed by atoms with E-state index < -0.39 is 43.8 Å². The number of hydrogen-bond donors (Lipinski definition) is 0. The number of carbonyl (C=O) groups is 1. The first kappa shape index (κ1) is 28.4. The summed E-state index contributed by atoms with van der Waals surface area (Å²) in [5.74, 6) is 3.01. The van der Waals surface area contributed by atoms with Crippen molar-refractivity contribution < 1.29 is 26.6 Å². The summed E-state index contributed by atoms with van der Waals surface area (Å²) >= 11 is 0.319. The van der Waals surface area contributed by atoms with Crippen molar-refractivity contribution in [2.45, 2.75) is 42.9 Å². The number of carbonyl (C=O) groups excluding carboxylic acids is 1. The molecule has 0 bridgehead atoms. The second-order valence-electron chi connectivity index (χ2n) is 10.5. The van der Waals surface area contributed by atoms with E-state index in [0.29, 0.717) is 47.3 Å². The van der Waals surface area contributed by atoms with Crippen LogP contribution < -0.4 is 0 Å². The van der Waals surface area contributed by atoms with Crippen LogP contribution in [0.2, 0.25) is 0 Å². The number of aromatic nitrogens is 6. The van der Waals surface area contributed by atoms with Gasteiger partial charge in [0.2, 0.25) is 5.78 Å². The normalized spacial score (nSPS) is 21.9. The molecule has 1 fully saturated rings. The molecule has 0 N–H and O–H groups in total. The SMILES string of the molecule is C=S(=O)(c1cnn(C)n1)N(C)[C@H]1CCC2=Cc3c(cnn3-c3ccc(F)cc3)C[C@]2(C(=O)c2ncc(C(F)(F)F)s2)C1. The third-order valence-corrected chi connectivity index (χ3v) is 11.1. The van der Waals surface area contributed by atoms with Crippen molar-refractivity contribution in [2.75, 3.05) is 7.05 Å². The summed E-state index contributed by atoms with van der Waals surface area (Å²) in [5, 5.41) is 12.6. The van der Waals surface area contributed by atoms with Gasteiger partial charge in [-0.1, -0.05) is 5.57 Å². The van der Waals surface area contributed by atoms with Crippen molar-refractivity contribution in [2.24, 2.45) is 12.5 Å². The summed E-state index contributed by atoms with van der Waals surface area (Å²) in [5.41, 5.74) is 1.52. The minimum atomic E-state index is -4.63. The predicted octanol–water partition coefficient (Wildman–Crippen LogP) is 4.60. The lowest BCUT2D eigenvalue weighted by Gasteiger charge is -2.46. The molecule has 1 aromatic carbocycles. The topological polar surface area (TPSA) is 98.8 Å². The summed E-state index contributed by atoms with van der Waals surface area (Å²) < 4.78 is 71.0. The molecule has 6 rings (SSSR count). The average molecular weight is 620 g/mol. The molecule has 3 atom stereocenters. The Balaban J connectivity index is 1.42. The maximum Gasteiger partial charge on any atom is 0.427 e. The highest BCUT2D eigenvalue weighted by Gasteiger charge is 2.51. The highest BCUT2D eigenvalue weighted by atomic mass is 32.2. The average Bonchev–Trinajstić information content (AvgIpc) is 3.71. The van der Waals surface area contributed by atoms with E-state index in [0.717, 1.165) is 5.57 Å². The Hall–Kier alpha value is -3.69. The fourth-order valence-electron chi connectivity index (χ4n) is 5.76. The lowest BCUT2D eigenvalue weighted by molar-refractivity contribution is -0.134. The number of aryl methyl sites for hydroxylation is 1. The van der Waals surface area contributed by atoms with Crippen LogP contribution in [0, 0.1) is 11.2 Å². The molecule has 0 saturated heterocycles. The number of nitrogens with zero attached hydrogens (tertiary/aromatic N) is 7. The van der Waals surface area contributed by atoms with Gasteiger partial charge in [-0.3, -0.25) is 4.79 Å². The Labute approximate surface area is 242 Å². The van der Waals surface area contributed by atoms with E-state index >= 15 is 0 Å². The first-order valence-corrected chi connectivity index (χ1v) is 15.4. The number of hydrogen-bond acceptors (Lipinski definition) is 7. The van der Waals surface area contributed by atoms with Gasteiger partial charge in [-0.05, 0) is 74.5 Å². The molecule has 2 aliphatic rings. The minimum Gasteiger partial charge on any atom is -0.290 e. The molecule has 0 radical (unpaired) electrons. The van der Waals surface area contributed by atoms with E-state index in [1.165, 1.54) is 23.1 Å². The number of rotatable bonds is 6. The van der Waals surface area contributed by atoms with Gasteiger partial charge in [0.05, 0.1) is 45.1 Å². The number of alkyl halides is 3. The largest absolute Gasteiger partial charge is 0.427 e. The number of Topliss-reactive ketones (excluding diaryl/α,β-unsaturated/α-hetero) is 1. The zero-order chi connectivity index (χ0) is 30.0. The van der Waals surface area contributed by atoms with E-state index in [1.54, 1.807) is 41.4 Å². The molecule has 1 saturated carbocycles. The highest BCUT2D eigenvalue weighted by molar-refractivity contribution is 7.98. The number of halogens is 4. The van der Waals surface area contributed by atoms with Crippen LogP contribution in [0.15, 0.2) is 53.5 Å². The zero-order valence-electron chi connectivity index (χ0n) is 22.5. The van der Waals surface area contributed by atoms with E-state index in [2.05, 4.69) is 26.2 Å². The molecule has 0 amide bonds. The second-order valence-corrected chi connectivity index (χ2v) is 13.8. The van der Waals surface area contributed by atoms with Crippen LogP contribution in [0.1, 0.15) is 45.2 Å². The van der Waals surface area contributed by atoms with E-state index in [-0.39, 0.29) is 22.9 Å². The monoisotopic (exact) mass is 619 g/mol. The molecular weight excluding hydrogens is 594 g/mol. The molecule has 3 aromatic heterocycles. The zero-order valence-corrected chi connectivity index (χ0v) is 24.1. The van der Waals surface area contributed by atoms with E-state index in [1.807, 2.05) is 6.08 Å². The fourth-order valence-corrected chi connectivity index (χ4v) is 8.00. The minimum absolute atomic E-state index is 0.156. The number of allylic oxidation sites excluding steroid dienone is 1. The number of ketones is 1. The van der Waals surface area contributed by atoms with Gasteiger partial charge in [0.25, 0.3) is 0 Å².